The van der Waals surface area contributed by atoms with Gasteiger partial charge in [-0.3, -0.25) is 9.59 Å². The number of hydrogen-bond acceptors (Lipinski definition) is 15. The van der Waals surface area contributed by atoms with Crippen molar-refractivity contribution in [2.75, 3.05) is 178 Å². The Kier molecular flexibility index (Phi) is 42.7. The molecule has 1 amide bonds. The molecule has 0 aliphatic heterocycles. The molecule has 0 unspecified atom stereocenters. The lowest BCUT2D eigenvalue weighted by molar-refractivity contribution is -0.138. The molecule has 17 heteroatoms. The molecule has 17 nitrogen and oxygen atoms in total. The first-order valence-corrected chi connectivity index (χ1v) is 17.8. The standard InChI is InChI=1S/C34H65NO16/c1-2-7-39-9-11-41-13-15-43-17-19-45-21-23-47-25-27-49-29-31-51-32-30-50-28-26-48-24-22-46-20-18-44-16-14-42-12-10-40-8-3-6-35-33(36)4-5-34(37)38/h2H,1,3-32H2,(H,35,36)(H,37,38). The fraction of sp³-hybridized carbons (Fsp3) is 0.882. The number of carbonyl (C=O) groups is 2. The average molecular weight is 744 g/mol. The van der Waals surface area contributed by atoms with Gasteiger partial charge in [0.15, 0.2) is 0 Å². The molecule has 51 heavy (non-hydrogen) atoms. The number of rotatable bonds is 45. The van der Waals surface area contributed by atoms with E-state index >= 15 is 0 Å². The summed E-state index contributed by atoms with van der Waals surface area (Å²) in [4.78, 5) is 21.8. The quantitative estimate of drug-likeness (QED) is 0.0657. The van der Waals surface area contributed by atoms with Gasteiger partial charge in [0.1, 0.15) is 0 Å². The lowest BCUT2D eigenvalue weighted by Crippen LogP contribution is -2.25. The van der Waals surface area contributed by atoms with Gasteiger partial charge in [-0.1, -0.05) is 6.08 Å². The van der Waals surface area contributed by atoms with Crippen LogP contribution in [0.2, 0.25) is 0 Å². The normalized spacial score (nSPS) is 11.3. The van der Waals surface area contributed by atoms with Gasteiger partial charge in [-0.2, -0.15) is 0 Å². The molecule has 0 rings (SSSR count). The first kappa shape index (κ1) is 49.2. The van der Waals surface area contributed by atoms with Gasteiger partial charge in [-0.05, 0) is 6.42 Å². The van der Waals surface area contributed by atoms with Crippen molar-refractivity contribution < 1.29 is 76.3 Å². The van der Waals surface area contributed by atoms with Crippen molar-refractivity contribution in [1.82, 2.24) is 5.32 Å². The van der Waals surface area contributed by atoms with E-state index in [2.05, 4.69) is 11.9 Å². The monoisotopic (exact) mass is 743 g/mol. The summed E-state index contributed by atoms with van der Waals surface area (Å²) < 4.78 is 70.6. The fourth-order valence-corrected chi connectivity index (χ4v) is 3.52. The second-order valence-electron chi connectivity index (χ2n) is 10.3. The Labute approximate surface area is 303 Å². The zero-order valence-electron chi connectivity index (χ0n) is 30.6. The van der Waals surface area contributed by atoms with Gasteiger partial charge >= 0.3 is 5.97 Å². The summed E-state index contributed by atoms with van der Waals surface area (Å²) in [6.07, 6.45) is 2.18. The van der Waals surface area contributed by atoms with Crippen LogP contribution in [0.1, 0.15) is 19.3 Å². The highest BCUT2D eigenvalue weighted by Crippen LogP contribution is 1.91. The third-order valence-corrected chi connectivity index (χ3v) is 6.05. The number of hydrogen-bond donors (Lipinski definition) is 2. The van der Waals surface area contributed by atoms with Crippen LogP contribution in [0, 0.1) is 0 Å². The molecular weight excluding hydrogens is 678 g/mol. The highest BCUT2D eigenvalue weighted by molar-refractivity contribution is 5.80. The number of nitrogens with one attached hydrogen (secondary N) is 1. The summed E-state index contributed by atoms with van der Waals surface area (Å²) in [6.45, 7) is 16.9. The lowest BCUT2D eigenvalue weighted by Gasteiger charge is -2.09. The molecule has 0 aliphatic rings. The molecule has 0 aromatic rings. The van der Waals surface area contributed by atoms with Crippen LogP contribution in [-0.2, 0) is 71.2 Å². The lowest BCUT2D eigenvalue weighted by atomic mass is 10.3. The Morgan fingerprint density at radius 2 is 0.667 bits per heavy atom. The molecule has 0 bridgehead atoms. The molecule has 0 aromatic carbocycles. The van der Waals surface area contributed by atoms with Crippen LogP contribution in [0.3, 0.4) is 0 Å². The number of carbonyl (C=O) groups excluding carboxylic acids is 1. The van der Waals surface area contributed by atoms with Gasteiger partial charge in [-0.15, -0.1) is 6.58 Å². The Bertz CT molecular complexity index is 736. The van der Waals surface area contributed by atoms with E-state index in [9.17, 15) is 9.59 Å². The van der Waals surface area contributed by atoms with E-state index < -0.39 is 5.97 Å². The van der Waals surface area contributed by atoms with Crippen LogP contribution in [0.15, 0.2) is 12.7 Å². The van der Waals surface area contributed by atoms with Crippen molar-refractivity contribution in [2.45, 2.75) is 19.3 Å². The zero-order chi connectivity index (χ0) is 37.0. The molecule has 0 radical (unpaired) electrons. The Morgan fingerprint density at radius 1 is 0.412 bits per heavy atom. The minimum absolute atomic E-state index is 0.0119. The number of ether oxygens (including phenoxy) is 13. The second-order valence-corrected chi connectivity index (χ2v) is 10.3. The van der Waals surface area contributed by atoms with Crippen molar-refractivity contribution in [3.8, 4) is 0 Å². The summed E-state index contributed by atoms with van der Waals surface area (Å²) in [7, 11) is 0. The van der Waals surface area contributed by atoms with Crippen molar-refractivity contribution >= 4 is 11.9 Å². The van der Waals surface area contributed by atoms with Crippen LogP contribution in [-0.4, -0.2) is 195 Å². The van der Waals surface area contributed by atoms with Gasteiger partial charge in [0.2, 0.25) is 5.91 Å². The van der Waals surface area contributed by atoms with Gasteiger partial charge in [0.25, 0.3) is 0 Å². The van der Waals surface area contributed by atoms with Crippen molar-refractivity contribution in [1.29, 1.82) is 0 Å². The Hall–Kier alpha value is -1.84. The summed E-state index contributed by atoms with van der Waals surface area (Å²) in [5.74, 6) is -1.25. The number of aliphatic carboxylic acids is 1. The number of carboxylic acid groups (broad SMARTS) is 1. The topological polar surface area (TPSA) is 186 Å². The summed E-state index contributed by atoms with van der Waals surface area (Å²) in [5, 5.41) is 11.2. The molecule has 2 N–H and O–H groups in total. The van der Waals surface area contributed by atoms with E-state index in [1.807, 2.05) is 0 Å². The van der Waals surface area contributed by atoms with Crippen LogP contribution < -0.4 is 5.32 Å². The highest BCUT2D eigenvalue weighted by atomic mass is 16.6. The number of carboxylic acids is 1. The fourth-order valence-electron chi connectivity index (χ4n) is 3.52. The molecule has 0 saturated carbocycles. The summed E-state index contributed by atoms with van der Waals surface area (Å²) in [6, 6.07) is 0. The summed E-state index contributed by atoms with van der Waals surface area (Å²) >= 11 is 0. The molecule has 0 atom stereocenters. The second kappa shape index (κ2) is 44.3. The van der Waals surface area contributed by atoms with E-state index in [1.54, 1.807) is 6.08 Å². The van der Waals surface area contributed by atoms with Crippen molar-refractivity contribution in [2.24, 2.45) is 0 Å². The third kappa shape index (κ3) is 46.1. The minimum atomic E-state index is -0.984. The van der Waals surface area contributed by atoms with Crippen LogP contribution in [0.5, 0.6) is 0 Å². The Morgan fingerprint density at radius 3 is 0.922 bits per heavy atom. The smallest absolute Gasteiger partial charge is 0.303 e. The maximum atomic E-state index is 11.4. The van der Waals surface area contributed by atoms with Crippen molar-refractivity contribution in [3.05, 3.63) is 12.7 Å². The van der Waals surface area contributed by atoms with Gasteiger partial charge < -0.3 is 72.0 Å². The van der Waals surface area contributed by atoms with E-state index in [0.717, 1.165) is 0 Å². The molecule has 0 aromatic heterocycles. The minimum Gasteiger partial charge on any atom is -0.481 e. The predicted octanol–water partition coefficient (Wildman–Crippen LogP) is 0.759. The van der Waals surface area contributed by atoms with E-state index in [0.29, 0.717) is 185 Å². The van der Waals surface area contributed by atoms with E-state index in [1.165, 1.54) is 0 Å². The largest absolute Gasteiger partial charge is 0.481 e. The van der Waals surface area contributed by atoms with Gasteiger partial charge in [0, 0.05) is 19.6 Å². The number of amides is 1. The van der Waals surface area contributed by atoms with E-state index in [4.69, 9.17) is 66.7 Å². The molecular formula is C34H65NO16. The first-order chi connectivity index (χ1) is 25.2. The molecule has 302 valence electrons. The molecule has 0 aliphatic carbocycles. The summed E-state index contributed by atoms with van der Waals surface area (Å²) in [5.41, 5.74) is 0. The maximum absolute atomic E-state index is 11.4. The molecule has 0 spiro atoms. The van der Waals surface area contributed by atoms with Gasteiger partial charge in [0.05, 0.1) is 172 Å². The average Bonchev–Trinajstić information content (AvgIpc) is 3.12. The molecule has 0 heterocycles. The van der Waals surface area contributed by atoms with Crippen molar-refractivity contribution in [3.63, 3.8) is 0 Å². The molecule has 0 fully saturated rings. The third-order valence-electron chi connectivity index (χ3n) is 6.05. The predicted molar refractivity (Wildman–Crippen MR) is 185 cm³/mol. The molecule has 0 saturated heterocycles. The van der Waals surface area contributed by atoms with Crippen LogP contribution in [0.25, 0.3) is 0 Å². The SMILES string of the molecule is C=CCOCCOCCOCCOCCOCCOCCOCCOCCOCCOCCOCCOCCOCCCNC(=O)CCC(=O)O. The van der Waals surface area contributed by atoms with Gasteiger partial charge in [-0.25, -0.2) is 0 Å². The van der Waals surface area contributed by atoms with E-state index in [-0.39, 0.29) is 18.7 Å². The van der Waals surface area contributed by atoms with Crippen LogP contribution >= 0.6 is 0 Å². The maximum Gasteiger partial charge on any atom is 0.303 e. The van der Waals surface area contributed by atoms with Crippen LogP contribution in [0.4, 0.5) is 0 Å². The zero-order valence-corrected chi connectivity index (χ0v) is 30.6. The highest BCUT2D eigenvalue weighted by Gasteiger charge is 2.04. The Balaban J connectivity index is 3.08. The first-order valence-electron chi connectivity index (χ1n) is 17.8.